The number of rotatable bonds is 4. The molecule has 1 N–H and O–H groups in total. The standard InChI is InChI=1S/C17H14BrF2N5O2/c1-8(2)15-10-3-9(18)4-11(19)14(10)17(27)25(24-15)6-13(26)23-16-12(20)5-21-7-22-16/h3-5,7-8H,6H2,1-2H3,(H,21,22,23,26). The Morgan fingerprint density at radius 2 is 2.04 bits per heavy atom. The lowest BCUT2D eigenvalue weighted by Gasteiger charge is -2.14. The van der Waals surface area contributed by atoms with Crippen LogP contribution in [0, 0.1) is 11.6 Å². The molecule has 0 unspecified atom stereocenters. The number of carbonyl (C=O) groups is 1. The van der Waals surface area contributed by atoms with Gasteiger partial charge in [0.25, 0.3) is 5.56 Å². The molecular weight excluding hydrogens is 424 g/mol. The third kappa shape index (κ3) is 3.85. The largest absolute Gasteiger partial charge is 0.307 e. The summed E-state index contributed by atoms with van der Waals surface area (Å²) in [6.07, 6.45) is 1.97. The van der Waals surface area contributed by atoms with Crippen LogP contribution in [0.1, 0.15) is 25.5 Å². The number of hydrogen-bond donors (Lipinski definition) is 1. The zero-order valence-electron chi connectivity index (χ0n) is 14.3. The molecule has 2 heterocycles. The van der Waals surface area contributed by atoms with Gasteiger partial charge in [0.05, 0.1) is 17.3 Å². The molecule has 7 nitrogen and oxygen atoms in total. The summed E-state index contributed by atoms with van der Waals surface area (Å²) >= 11 is 3.21. The Balaban J connectivity index is 2.04. The zero-order valence-corrected chi connectivity index (χ0v) is 15.9. The van der Waals surface area contributed by atoms with Crippen molar-refractivity contribution in [3.8, 4) is 0 Å². The minimum atomic E-state index is -0.816. The van der Waals surface area contributed by atoms with Crippen molar-refractivity contribution < 1.29 is 13.6 Å². The highest BCUT2D eigenvalue weighted by Crippen LogP contribution is 2.26. The topological polar surface area (TPSA) is 89.8 Å². The summed E-state index contributed by atoms with van der Waals surface area (Å²) in [6, 6.07) is 2.79. The lowest BCUT2D eigenvalue weighted by molar-refractivity contribution is -0.117. The van der Waals surface area contributed by atoms with Crippen LogP contribution in [0.15, 0.2) is 33.9 Å². The molecule has 3 rings (SSSR count). The first-order valence-electron chi connectivity index (χ1n) is 7.93. The number of halogens is 3. The molecule has 0 spiro atoms. The van der Waals surface area contributed by atoms with Gasteiger partial charge in [0, 0.05) is 9.86 Å². The van der Waals surface area contributed by atoms with E-state index < -0.39 is 29.6 Å². The quantitative estimate of drug-likeness (QED) is 0.677. The van der Waals surface area contributed by atoms with E-state index in [2.05, 4.69) is 36.3 Å². The lowest BCUT2D eigenvalue weighted by Crippen LogP contribution is -2.31. The van der Waals surface area contributed by atoms with Gasteiger partial charge in [0.15, 0.2) is 11.6 Å². The van der Waals surface area contributed by atoms with E-state index in [9.17, 15) is 18.4 Å². The van der Waals surface area contributed by atoms with Crippen molar-refractivity contribution in [1.82, 2.24) is 19.7 Å². The molecule has 10 heteroatoms. The molecule has 3 aromatic rings. The molecule has 0 bridgehead atoms. The van der Waals surface area contributed by atoms with Gasteiger partial charge in [-0.25, -0.2) is 23.4 Å². The van der Waals surface area contributed by atoms with Gasteiger partial charge in [0.2, 0.25) is 5.91 Å². The van der Waals surface area contributed by atoms with Crippen LogP contribution in [0.4, 0.5) is 14.6 Å². The van der Waals surface area contributed by atoms with Gasteiger partial charge in [-0.1, -0.05) is 29.8 Å². The van der Waals surface area contributed by atoms with Crippen molar-refractivity contribution in [3.63, 3.8) is 0 Å². The Morgan fingerprint density at radius 1 is 1.30 bits per heavy atom. The van der Waals surface area contributed by atoms with Crippen LogP contribution in [0.3, 0.4) is 0 Å². The second-order valence-corrected chi connectivity index (χ2v) is 7.00. The van der Waals surface area contributed by atoms with Gasteiger partial charge in [-0.15, -0.1) is 0 Å². The van der Waals surface area contributed by atoms with E-state index in [4.69, 9.17) is 0 Å². The van der Waals surface area contributed by atoms with Crippen LogP contribution in [0.25, 0.3) is 10.8 Å². The number of aromatic nitrogens is 4. The normalized spacial score (nSPS) is 11.2. The number of amides is 1. The Labute approximate surface area is 160 Å². The summed E-state index contributed by atoms with van der Waals surface area (Å²) in [5.74, 6) is -2.71. The molecule has 2 aromatic heterocycles. The van der Waals surface area contributed by atoms with Gasteiger partial charge >= 0.3 is 0 Å². The van der Waals surface area contributed by atoms with Gasteiger partial charge < -0.3 is 5.32 Å². The molecule has 0 atom stereocenters. The number of fused-ring (bicyclic) bond motifs is 1. The highest BCUT2D eigenvalue weighted by atomic mass is 79.9. The summed E-state index contributed by atoms with van der Waals surface area (Å²) in [4.78, 5) is 32.0. The Morgan fingerprint density at radius 3 is 2.70 bits per heavy atom. The van der Waals surface area contributed by atoms with Crippen LogP contribution in [0.2, 0.25) is 0 Å². The van der Waals surface area contributed by atoms with Crippen LogP contribution < -0.4 is 10.9 Å². The van der Waals surface area contributed by atoms with E-state index in [1.165, 1.54) is 6.07 Å². The summed E-state index contributed by atoms with van der Waals surface area (Å²) in [7, 11) is 0. The fraction of sp³-hybridized carbons (Fsp3) is 0.235. The van der Waals surface area contributed by atoms with Gasteiger partial charge in [-0.2, -0.15) is 5.10 Å². The van der Waals surface area contributed by atoms with E-state index in [1.54, 1.807) is 6.07 Å². The molecule has 0 saturated heterocycles. The van der Waals surface area contributed by atoms with Gasteiger partial charge in [-0.3, -0.25) is 9.59 Å². The predicted molar refractivity (Wildman–Crippen MR) is 98.4 cm³/mol. The van der Waals surface area contributed by atoms with Gasteiger partial charge in [-0.05, 0) is 18.1 Å². The maximum absolute atomic E-state index is 14.4. The van der Waals surface area contributed by atoms with E-state index in [-0.39, 0.29) is 17.1 Å². The highest BCUT2D eigenvalue weighted by molar-refractivity contribution is 9.10. The molecule has 27 heavy (non-hydrogen) atoms. The number of hydrogen-bond acceptors (Lipinski definition) is 5. The number of nitrogens with one attached hydrogen (secondary N) is 1. The fourth-order valence-electron chi connectivity index (χ4n) is 2.60. The maximum atomic E-state index is 14.4. The SMILES string of the molecule is CC(C)c1nn(CC(=O)Nc2ncncc2F)c(=O)c2c(F)cc(Br)cc12. The average molecular weight is 438 g/mol. The van der Waals surface area contributed by atoms with Crippen LogP contribution in [-0.2, 0) is 11.3 Å². The highest BCUT2D eigenvalue weighted by Gasteiger charge is 2.19. The van der Waals surface area contributed by atoms with E-state index in [0.29, 0.717) is 15.6 Å². The molecule has 140 valence electrons. The summed E-state index contributed by atoms with van der Waals surface area (Å²) in [5, 5.41) is 6.68. The van der Waals surface area contributed by atoms with Crippen molar-refractivity contribution in [2.24, 2.45) is 0 Å². The number of carbonyl (C=O) groups excluding carboxylic acids is 1. The molecule has 0 fully saturated rings. The predicted octanol–water partition coefficient (Wildman–Crippen LogP) is 2.99. The van der Waals surface area contributed by atoms with E-state index in [0.717, 1.165) is 17.2 Å². The number of benzene rings is 1. The first kappa shape index (κ1) is 19.0. The first-order valence-corrected chi connectivity index (χ1v) is 8.72. The maximum Gasteiger partial charge on any atom is 0.278 e. The van der Waals surface area contributed by atoms with Crippen molar-refractivity contribution in [2.45, 2.75) is 26.3 Å². The Bertz CT molecular complexity index is 1100. The third-order valence-corrected chi connectivity index (χ3v) is 4.23. The van der Waals surface area contributed by atoms with Crippen molar-refractivity contribution in [3.05, 3.63) is 56.8 Å². The Kier molecular flexibility index (Phi) is 5.26. The van der Waals surface area contributed by atoms with E-state index >= 15 is 0 Å². The summed E-state index contributed by atoms with van der Waals surface area (Å²) in [6.45, 7) is 3.16. The zero-order chi connectivity index (χ0) is 19.7. The molecule has 0 saturated carbocycles. The van der Waals surface area contributed by atoms with Crippen molar-refractivity contribution >= 4 is 38.4 Å². The molecular formula is C17H14BrF2N5O2. The molecule has 0 aliphatic rings. The molecule has 1 aromatic carbocycles. The monoisotopic (exact) mass is 437 g/mol. The summed E-state index contributed by atoms with van der Waals surface area (Å²) in [5.41, 5.74) is -0.288. The average Bonchev–Trinajstić information content (AvgIpc) is 2.58. The second-order valence-electron chi connectivity index (χ2n) is 6.08. The Hall–Kier alpha value is -2.75. The molecule has 0 aliphatic heterocycles. The first-order chi connectivity index (χ1) is 12.8. The second kappa shape index (κ2) is 7.47. The minimum Gasteiger partial charge on any atom is -0.307 e. The van der Waals surface area contributed by atoms with Crippen LogP contribution in [0.5, 0.6) is 0 Å². The molecule has 1 amide bonds. The van der Waals surface area contributed by atoms with E-state index in [1.807, 2.05) is 13.8 Å². The number of nitrogens with zero attached hydrogens (tertiary/aromatic N) is 4. The van der Waals surface area contributed by atoms with Gasteiger partial charge in [0.1, 0.15) is 18.7 Å². The molecule has 0 radical (unpaired) electrons. The van der Waals surface area contributed by atoms with Crippen LogP contribution in [-0.4, -0.2) is 25.7 Å². The molecule has 0 aliphatic carbocycles. The third-order valence-electron chi connectivity index (χ3n) is 3.77. The fourth-order valence-corrected chi connectivity index (χ4v) is 3.03. The van der Waals surface area contributed by atoms with Crippen molar-refractivity contribution in [1.29, 1.82) is 0 Å². The lowest BCUT2D eigenvalue weighted by atomic mass is 10.0. The minimum absolute atomic E-state index is 0.129. The smallest absolute Gasteiger partial charge is 0.278 e. The van der Waals surface area contributed by atoms with Crippen LogP contribution >= 0.6 is 15.9 Å². The number of anilines is 1. The van der Waals surface area contributed by atoms with Crippen molar-refractivity contribution in [2.75, 3.05) is 5.32 Å². The summed E-state index contributed by atoms with van der Waals surface area (Å²) < 4.78 is 29.3.